The number of aromatic nitrogens is 3. The number of hydrogen-bond donors (Lipinski definition) is 1. The molecule has 1 unspecified atom stereocenters. The van der Waals surface area contributed by atoms with Crippen LogP contribution in [0.15, 0.2) is 48.5 Å². The van der Waals surface area contributed by atoms with Gasteiger partial charge < -0.3 is 9.88 Å². The number of carbonyl (C=O) groups is 1. The number of hydrogen-bond acceptors (Lipinski definition) is 4. The second-order valence-electron chi connectivity index (χ2n) is 7.32. The first-order chi connectivity index (χ1) is 13.8. The van der Waals surface area contributed by atoms with E-state index < -0.39 is 0 Å². The molecule has 4 aromatic rings. The van der Waals surface area contributed by atoms with Crippen molar-refractivity contribution < 1.29 is 4.79 Å². The van der Waals surface area contributed by atoms with Crippen molar-refractivity contribution in [2.75, 3.05) is 6.54 Å². The van der Waals surface area contributed by atoms with Gasteiger partial charge in [-0.3, -0.25) is 4.79 Å². The Morgan fingerprint density at radius 1 is 1.07 bits per heavy atom. The van der Waals surface area contributed by atoms with Gasteiger partial charge in [-0.1, -0.05) is 24.3 Å². The Balaban J connectivity index is 1.33. The average Bonchev–Trinajstić information content (AvgIpc) is 3.35. The molecule has 6 heteroatoms. The van der Waals surface area contributed by atoms with Crippen LogP contribution in [0, 0.1) is 0 Å². The molecule has 2 aromatic carbocycles. The number of piperidine rings is 1. The average molecular weight is 391 g/mol. The van der Waals surface area contributed by atoms with E-state index in [-0.39, 0.29) is 11.9 Å². The van der Waals surface area contributed by atoms with Crippen LogP contribution < -0.4 is 0 Å². The van der Waals surface area contributed by atoms with Crippen molar-refractivity contribution in [3.63, 3.8) is 0 Å². The summed E-state index contributed by atoms with van der Waals surface area (Å²) in [7, 11) is 0. The van der Waals surface area contributed by atoms with Gasteiger partial charge in [-0.25, -0.2) is 9.97 Å². The number of aryl methyl sites for hydroxylation is 1. The molecule has 2 aromatic heterocycles. The molecule has 3 heterocycles. The van der Waals surface area contributed by atoms with Gasteiger partial charge in [-0.2, -0.15) is 0 Å². The van der Waals surface area contributed by atoms with Crippen molar-refractivity contribution in [3.05, 3.63) is 59.4 Å². The number of carbonyl (C=O) groups excluding carboxylic acids is 1. The fourth-order valence-corrected chi connectivity index (χ4v) is 5.13. The first-order valence-electron chi connectivity index (χ1n) is 9.86. The number of benzene rings is 2. The first kappa shape index (κ1) is 17.4. The summed E-state index contributed by atoms with van der Waals surface area (Å²) in [5.41, 5.74) is 3.01. The Morgan fingerprint density at radius 2 is 1.89 bits per heavy atom. The van der Waals surface area contributed by atoms with Crippen LogP contribution in [0.4, 0.5) is 0 Å². The number of rotatable bonds is 4. The van der Waals surface area contributed by atoms with E-state index in [0.717, 1.165) is 53.2 Å². The second-order valence-corrected chi connectivity index (χ2v) is 8.38. The van der Waals surface area contributed by atoms with Gasteiger partial charge in [0.25, 0.3) is 0 Å². The number of aromatic amines is 1. The molecule has 0 spiro atoms. The van der Waals surface area contributed by atoms with E-state index in [4.69, 9.17) is 4.98 Å². The van der Waals surface area contributed by atoms with Crippen LogP contribution in [0.25, 0.3) is 21.3 Å². The Kier molecular flexibility index (Phi) is 4.56. The molecule has 1 N–H and O–H groups in total. The number of imidazole rings is 1. The molecule has 5 rings (SSSR count). The summed E-state index contributed by atoms with van der Waals surface area (Å²) in [6.45, 7) is 0.819. The molecule has 1 aliphatic rings. The molecule has 0 radical (unpaired) electrons. The molecule has 1 fully saturated rings. The summed E-state index contributed by atoms with van der Waals surface area (Å²) in [6, 6.07) is 16.3. The number of nitrogens with one attached hydrogen (secondary N) is 1. The maximum absolute atomic E-state index is 13.0. The molecule has 1 amide bonds. The standard InChI is InChI=1S/C22H22N4OS/c27-21(13-12-20-23-15-7-1-2-8-16(15)24-20)26-14-6-5-10-18(26)22-25-17-9-3-4-11-19(17)28-22/h1-4,7-9,11,18H,5-6,10,12-14H2,(H,23,24). The van der Waals surface area contributed by atoms with Crippen LogP contribution in [0.1, 0.15) is 42.6 Å². The number of fused-ring (bicyclic) bond motifs is 2. The zero-order valence-electron chi connectivity index (χ0n) is 15.6. The highest BCUT2D eigenvalue weighted by atomic mass is 32.1. The minimum atomic E-state index is 0.106. The number of nitrogens with zero attached hydrogens (tertiary/aromatic N) is 3. The smallest absolute Gasteiger partial charge is 0.223 e. The Labute approximate surface area is 167 Å². The molecule has 0 aliphatic carbocycles. The fraction of sp³-hybridized carbons (Fsp3) is 0.318. The van der Waals surface area contributed by atoms with Gasteiger partial charge in [0.15, 0.2) is 0 Å². The maximum atomic E-state index is 13.0. The Bertz CT molecular complexity index is 1070. The van der Waals surface area contributed by atoms with E-state index in [2.05, 4.69) is 16.0 Å². The monoisotopic (exact) mass is 390 g/mol. The number of amides is 1. The second kappa shape index (κ2) is 7.36. The summed E-state index contributed by atoms with van der Waals surface area (Å²) in [5.74, 6) is 1.08. The quantitative estimate of drug-likeness (QED) is 0.541. The molecule has 1 saturated heterocycles. The van der Waals surface area contributed by atoms with E-state index >= 15 is 0 Å². The zero-order chi connectivity index (χ0) is 18.9. The van der Waals surface area contributed by atoms with Crippen LogP contribution in [-0.2, 0) is 11.2 Å². The summed E-state index contributed by atoms with van der Waals surface area (Å²) in [6.07, 6.45) is 4.32. The molecule has 1 aliphatic heterocycles. The van der Waals surface area contributed by atoms with Gasteiger partial charge in [0.1, 0.15) is 10.8 Å². The highest BCUT2D eigenvalue weighted by molar-refractivity contribution is 7.18. The molecule has 142 valence electrons. The number of thiazole rings is 1. The maximum Gasteiger partial charge on any atom is 0.223 e. The Morgan fingerprint density at radius 3 is 2.75 bits per heavy atom. The number of likely N-dealkylation sites (tertiary alicyclic amines) is 1. The molecule has 1 atom stereocenters. The lowest BCUT2D eigenvalue weighted by atomic mass is 10.0. The summed E-state index contributed by atoms with van der Waals surface area (Å²) < 4.78 is 1.19. The van der Waals surface area contributed by atoms with E-state index in [1.54, 1.807) is 11.3 Å². The van der Waals surface area contributed by atoms with Crippen molar-refractivity contribution in [3.8, 4) is 0 Å². The minimum Gasteiger partial charge on any atom is -0.342 e. The van der Waals surface area contributed by atoms with E-state index in [1.165, 1.54) is 4.70 Å². The lowest BCUT2D eigenvalue weighted by Crippen LogP contribution is -2.38. The van der Waals surface area contributed by atoms with Gasteiger partial charge >= 0.3 is 0 Å². The van der Waals surface area contributed by atoms with Gasteiger partial charge in [0.05, 0.1) is 27.3 Å². The third kappa shape index (κ3) is 3.29. The van der Waals surface area contributed by atoms with E-state index in [1.807, 2.05) is 47.4 Å². The largest absolute Gasteiger partial charge is 0.342 e. The summed E-state index contributed by atoms with van der Waals surface area (Å²) in [4.78, 5) is 27.8. The van der Waals surface area contributed by atoms with Crippen LogP contribution in [0.5, 0.6) is 0 Å². The summed E-state index contributed by atoms with van der Waals surface area (Å²) >= 11 is 1.72. The predicted molar refractivity (Wildman–Crippen MR) is 112 cm³/mol. The highest BCUT2D eigenvalue weighted by Gasteiger charge is 2.30. The van der Waals surface area contributed by atoms with Crippen LogP contribution >= 0.6 is 11.3 Å². The third-order valence-electron chi connectivity index (χ3n) is 5.43. The van der Waals surface area contributed by atoms with Crippen molar-refractivity contribution in [1.82, 2.24) is 19.9 Å². The number of H-pyrrole nitrogens is 1. The van der Waals surface area contributed by atoms with Crippen molar-refractivity contribution in [2.45, 2.75) is 38.1 Å². The SMILES string of the molecule is O=C(CCc1nc2ccccc2[nH]1)N1CCCCC1c1nc2ccccc2s1. The Hall–Kier alpha value is -2.73. The normalized spacial score (nSPS) is 17.4. The van der Waals surface area contributed by atoms with Gasteiger partial charge in [-0.05, 0) is 43.5 Å². The number of para-hydroxylation sites is 3. The van der Waals surface area contributed by atoms with Crippen LogP contribution in [0.2, 0.25) is 0 Å². The molecular formula is C22H22N4OS. The van der Waals surface area contributed by atoms with E-state index in [9.17, 15) is 4.79 Å². The third-order valence-corrected chi connectivity index (χ3v) is 6.57. The van der Waals surface area contributed by atoms with Crippen LogP contribution in [0.3, 0.4) is 0 Å². The summed E-state index contributed by atoms with van der Waals surface area (Å²) in [5, 5.41) is 1.07. The lowest BCUT2D eigenvalue weighted by Gasteiger charge is -2.34. The minimum absolute atomic E-state index is 0.106. The highest BCUT2D eigenvalue weighted by Crippen LogP contribution is 2.36. The van der Waals surface area contributed by atoms with Crippen molar-refractivity contribution in [1.29, 1.82) is 0 Å². The predicted octanol–water partition coefficient (Wildman–Crippen LogP) is 4.86. The lowest BCUT2D eigenvalue weighted by molar-refractivity contribution is -0.135. The molecule has 0 bridgehead atoms. The van der Waals surface area contributed by atoms with Crippen molar-refractivity contribution in [2.24, 2.45) is 0 Å². The van der Waals surface area contributed by atoms with Gasteiger partial charge in [-0.15, -0.1) is 11.3 Å². The zero-order valence-corrected chi connectivity index (χ0v) is 16.4. The van der Waals surface area contributed by atoms with Crippen LogP contribution in [-0.4, -0.2) is 32.3 Å². The molecule has 28 heavy (non-hydrogen) atoms. The van der Waals surface area contributed by atoms with E-state index in [0.29, 0.717) is 12.8 Å². The van der Waals surface area contributed by atoms with Gasteiger partial charge in [0.2, 0.25) is 5.91 Å². The van der Waals surface area contributed by atoms with Gasteiger partial charge in [0, 0.05) is 19.4 Å². The topological polar surface area (TPSA) is 61.9 Å². The first-order valence-corrected chi connectivity index (χ1v) is 10.7. The molecule has 5 nitrogen and oxygen atoms in total. The molecular weight excluding hydrogens is 368 g/mol. The molecule has 0 saturated carbocycles. The van der Waals surface area contributed by atoms with Crippen molar-refractivity contribution >= 4 is 38.5 Å². The fourth-order valence-electron chi connectivity index (χ4n) is 4.01.